The molecule has 17 heavy (non-hydrogen) atoms. The van der Waals surface area contributed by atoms with Crippen LogP contribution in [0.5, 0.6) is 5.75 Å². The molecule has 0 unspecified atom stereocenters. The minimum Gasteiger partial charge on any atom is -0.491 e. The van der Waals surface area contributed by atoms with E-state index >= 15 is 0 Å². The van der Waals surface area contributed by atoms with Crippen molar-refractivity contribution in [1.29, 1.82) is 0 Å². The Hall–Kier alpha value is -1.68. The van der Waals surface area contributed by atoms with Crippen molar-refractivity contribution in [3.8, 4) is 17.0 Å². The lowest BCUT2D eigenvalue weighted by atomic mass is 10.1. The van der Waals surface area contributed by atoms with Crippen LogP contribution in [0.15, 0.2) is 24.5 Å². The van der Waals surface area contributed by atoms with Crippen molar-refractivity contribution >= 4 is 11.6 Å². The Morgan fingerprint density at radius 1 is 1.29 bits per heavy atom. The fraction of sp³-hybridized carbons (Fsp3) is 0.167. The molecule has 0 saturated carbocycles. The van der Waals surface area contributed by atoms with Crippen molar-refractivity contribution in [2.45, 2.75) is 6.92 Å². The largest absolute Gasteiger partial charge is 0.491 e. The van der Waals surface area contributed by atoms with E-state index in [2.05, 4.69) is 9.97 Å². The van der Waals surface area contributed by atoms with E-state index in [0.29, 0.717) is 22.6 Å². The summed E-state index contributed by atoms with van der Waals surface area (Å²) in [5.41, 5.74) is 1.66. The highest BCUT2D eigenvalue weighted by molar-refractivity contribution is 6.31. The molecular weight excluding hydrogens is 243 g/mol. The molecule has 0 N–H and O–H groups in total. The zero-order valence-corrected chi connectivity index (χ0v) is 10.1. The van der Waals surface area contributed by atoms with Gasteiger partial charge in [-0.3, -0.25) is 0 Å². The summed E-state index contributed by atoms with van der Waals surface area (Å²) < 4.78 is 18.6. The Bertz CT molecular complexity index is 560. The molecule has 0 bridgehead atoms. The van der Waals surface area contributed by atoms with Gasteiger partial charge in [-0.2, -0.15) is 0 Å². The zero-order chi connectivity index (χ0) is 12.4. The molecule has 88 valence electrons. The van der Waals surface area contributed by atoms with Crippen LogP contribution in [0.1, 0.15) is 5.56 Å². The van der Waals surface area contributed by atoms with Crippen LogP contribution < -0.4 is 4.74 Å². The number of ether oxygens (including phenoxy) is 1. The van der Waals surface area contributed by atoms with Crippen LogP contribution in [0.25, 0.3) is 11.3 Å². The second-order valence-corrected chi connectivity index (χ2v) is 3.87. The first-order valence-electron chi connectivity index (χ1n) is 4.94. The van der Waals surface area contributed by atoms with Crippen molar-refractivity contribution in [3.63, 3.8) is 0 Å². The van der Waals surface area contributed by atoms with Crippen LogP contribution in [-0.2, 0) is 0 Å². The van der Waals surface area contributed by atoms with Gasteiger partial charge in [-0.15, -0.1) is 0 Å². The number of aryl methyl sites for hydroxylation is 1. The number of benzene rings is 1. The van der Waals surface area contributed by atoms with Gasteiger partial charge in [0.25, 0.3) is 0 Å². The molecule has 0 saturated heterocycles. The zero-order valence-electron chi connectivity index (χ0n) is 9.37. The fourth-order valence-corrected chi connectivity index (χ4v) is 1.69. The van der Waals surface area contributed by atoms with Crippen LogP contribution in [0.2, 0.25) is 5.15 Å². The van der Waals surface area contributed by atoms with Gasteiger partial charge in [0.05, 0.1) is 7.11 Å². The van der Waals surface area contributed by atoms with Gasteiger partial charge < -0.3 is 4.74 Å². The Labute approximate surface area is 103 Å². The third kappa shape index (κ3) is 2.22. The van der Waals surface area contributed by atoms with Crippen LogP contribution in [0.3, 0.4) is 0 Å². The summed E-state index contributed by atoms with van der Waals surface area (Å²) in [6.45, 7) is 1.70. The van der Waals surface area contributed by atoms with Gasteiger partial charge in [0.15, 0.2) is 10.9 Å². The van der Waals surface area contributed by atoms with E-state index in [1.165, 1.54) is 19.5 Å². The minimum absolute atomic E-state index is 0.207. The summed E-state index contributed by atoms with van der Waals surface area (Å²) in [5, 5.41) is 0.207. The van der Waals surface area contributed by atoms with E-state index in [1.54, 1.807) is 19.1 Å². The number of hydrogen-bond donors (Lipinski definition) is 0. The van der Waals surface area contributed by atoms with Crippen molar-refractivity contribution < 1.29 is 9.13 Å². The molecule has 1 heterocycles. The highest BCUT2D eigenvalue weighted by Crippen LogP contribution is 2.32. The Morgan fingerprint density at radius 3 is 2.71 bits per heavy atom. The standard InChI is InChI=1S/C12H10ClFN2O/c1-7-3-4-8(5-9(7)14)10-11(17-2)12(13)16-6-15-10/h3-6H,1-2H3. The molecule has 0 aliphatic heterocycles. The SMILES string of the molecule is COc1c(Cl)ncnc1-c1ccc(C)c(F)c1. The smallest absolute Gasteiger partial charge is 0.182 e. The molecule has 2 aromatic rings. The Kier molecular flexibility index (Phi) is 3.24. The maximum absolute atomic E-state index is 13.5. The highest BCUT2D eigenvalue weighted by Gasteiger charge is 2.13. The third-order valence-electron chi connectivity index (χ3n) is 2.41. The molecular formula is C12H10ClFN2O. The van der Waals surface area contributed by atoms with E-state index in [4.69, 9.17) is 16.3 Å². The monoisotopic (exact) mass is 252 g/mol. The minimum atomic E-state index is -0.292. The predicted molar refractivity (Wildman–Crippen MR) is 63.7 cm³/mol. The summed E-state index contributed by atoms with van der Waals surface area (Å²) in [6, 6.07) is 4.84. The van der Waals surface area contributed by atoms with Gasteiger partial charge in [0.2, 0.25) is 0 Å². The molecule has 2 rings (SSSR count). The first kappa shape index (κ1) is 11.8. The van der Waals surface area contributed by atoms with Crippen LogP contribution in [0.4, 0.5) is 4.39 Å². The van der Waals surface area contributed by atoms with Crippen molar-refractivity contribution in [1.82, 2.24) is 9.97 Å². The number of aromatic nitrogens is 2. The summed E-state index contributed by atoms with van der Waals surface area (Å²) in [4.78, 5) is 7.88. The van der Waals surface area contributed by atoms with E-state index in [1.807, 2.05) is 0 Å². The number of halogens is 2. The van der Waals surface area contributed by atoms with Gasteiger partial charge >= 0.3 is 0 Å². The topological polar surface area (TPSA) is 35.0 Å². The molecule has 0 aliphatic rings. The van der Waals surface area contributed by atoms with Crippen LogP contribution >= 0.6 is 11.6 Å². The second kappa shape index (κ2) is 4.67. The number of nitrogens with zero attached hydrogens (tertiary/aromatic N) is 2. The van der Waals surface area contributed by atoms with Crippen molar-refractivity contribution in [2.24, 2.45) is 0 Å². The molecule has 0 fully saturated rings. The molecule has 0 amide bonds. The number of rotatable bonds is 2. The average Bonchev–Trinajstić information content (AvgIpc) is 2.32. The second-order valence-electron chi connectivity index (χ2n) is 3.51. The molecule has 0 radical (unpaired) electrons. The maximum atomic E-state index is 13.5. The Balaban J connectivity index is 2.60. The van der Waals surface area contributed by atoms with Gasteiger partial charge in [0, 0.05) is 5.56 Å². The van der Waals surface area contributed by atoms with E-state index < -0.39 is 0 Å². The molecule has 1 aromatic heterocycles. The van der Waals surface area contributed by atoms with Gasteiger partial charge in [-0.05, 0) is 18.6 Å². The summed E-state index contributed by atoms with van der Waals surface area (Å²) >= 11 is 5.88. The number of methoxy groups -OCH3 is 1. The molecule has 1 aromatic carbocycles. The van der Waals surface area contributed by atoms with Gasteiger partial charge in [0.1, 0.15) is 17.8 Å². The summed E-state index contributed by atoms with van der Waals surface area (Å²) in [5.74, 6) is 0.0525. The quantitative estimate of drug-likeness (QED) is 0.770. The molecule has 5 heteroatoms. The molecule has 0 atom stereocenters. The first-order chi connectivity index (χ1) is 8.13. The van der Waals surface area contributed by atoms with E-state index in [0.717, 1.165) is 0 Å². The van der Waals surface area contributed by atoms with Crippen molar-refractivity contribution in [3.05, 3.63) is 41.1 Å². The van der Waals surface area contributed by atoms with Crippen molar-refractivity contribution in [2.75, 3.05) is 7.11 Å². The van der Waals surface area contributed by atoms with E-state index in [-0.39, 0.29) is 11.0 Å². The molecule has 0 aliphatic carbocycles. The fourth-order valence-electron chi connectivity index (χ4n) is 1.48. The van der Waals surface area contributed by atoms with Gasteiger partial charge in [-0.25, -0.2) is 14.4 Å². The predicted octanol–water partition coefficient (Wildman–Crippen LogP) is 3.25. The number of hydrogen-bond acceptors (Lipinski definition) is 3. The van der Waals surface area contributed by atoms with Gasteiger partial charge in [-0.1, -0.05) is 23.7 Å². The lowest BCUT2D eigenvalue weighted by Crippen LogP contribution is -1.95. The van der Waals surface area contributed by atoms with Crippen LogP contribution in [0, 0.1) is 12.7 Å². The summed E-state index contributed by atoms with van der Waals surface area (Å²) in [6.07, 6.45) is 1.32. The van der Waals surface area contributed by atoms with Crippen LogP contribution in [-0.4, -0.2) is 17.1 Å². The average molecular weight is 253 g/mol. The first-order valence-corrected chi connectivity index (χ1v) is 5.32. The van der Waals surface area contributed by atoms with E-state index in [9.17, 15) is 4.39 Å². The normalized spacial score (nSPS) is 10.4. The highest BCUT2D eigenvalue weighted by atomic mass is 35.5. The maximum Gasteiger partial charge on any atom is 0.182 e. The Morgan fingerprint density at radius 2 is 2.06 bits per heavy atom. The summed E-state index contributed by atoms with van der Waals surface area (Å²) in [7, 11) is 1.47. The lowest BCUT2D eigenvalue weighted by Gasteiger charge is -2.08. The lowest BCUT2D eigenvalue weighted by molar-refractivity contribution is 0.413. The molecule has 0 spiro atoms. The molecule has 3 nitrogen and oxygen atoms in total. The third-order valence-corrected chi connectivity index (χ3v) is 2.68.